The minimum absolute atomic E-state index is 0.196. The van der Waals surface area contributed by atoms with Crippen molar-refractivity contribution in [2.24, 2.45) is 0 Å². The summed E-state index contributed by atoms with van der Waals surface area (Å²) in [6.07, 6.45) is 2.04. The Hall–Kier alpha value is -2.42. The molecule has 0 aromatic heterocycles. The first kappa shape index (κ1) is 17.4. The molecule has 25 heavy (non-hydrogen) atoms. The lowest BCUT2D eigenvalue weighted by Gasteiger charge is -2.22. The summed E-state index contributed by atoms with van der Waals surface area (Å²) in [6.45, 7) is 4.27. The van der Waals surface area contributed by atoms with Crippen molar-refractivity contribution in [2.45, 2.75) is 20.0 Å². The van der Waals surface area contributed by atoms with Crippen LogP contribution in [0.15, 0.2) is 78.9 Å². The molecule has 0 aliphatic heterocycles. The predicted molar refractivity (Wildman–Crippen MR) is 106 cm³/mol. The van der Waals surface area contributed by atoms with Crippen molar-refractivity contribution in [1.29, 1.82) is 0 Å². The molecule has 0 bridgehead atoms. The fraction of sp³-hybridized carbons (Fsp3) is 0.130. The lowest BCUT2D eigenvalue weighted by molar-refractivity contribution is 0.293. The monoisotopic (exact) mass is 341 g/mol. The van der Waals surface area contributed by atoms with Crippen molar-refractivity contribution in [1.82, 2.24) is 0 Å². The van der Waals surface area contributed by atoms with E-state index >= 15 is 0 Å². The summed E-state index contributed by atoms with van der Waals surface area (Å²) in [6, 6.07) is 27.1. The summed E-state index contributed by atoms with van der Waals surface area (Å²) >= 11 is 0. The predicted octanol–water partition coefficient (Wildman–Crippen LogP) is 5.69. The van der Waals surface area contributed by atoms with Gasteiger partial charge in [0.05, 0.1) is 6.10 Å². The van der Waals surface area contributed by atoms with Crippen molar-refractivity contribution in [3.05, 3.63) is 107 Å². The zero-order valence-electron chi connectivity index (χ0n) is 14.6. The SMILES string of the molecule is Cc1ccccc1C=C(c1ccccc1C)C(O[Si])c1ccccc1. The van der Waals surface area contributed by atoms with Gasteiger partial charge < -0.3 is 4.43 Å². The van der Waals surface area contributed by atoms with Crippen LogP contribution in [-0.2, 0) is 4.43 Å². The fourth-order valence-electron chi connectivity index (χ4n) is 3.05. The first-order valence-electron chi connectivity index (χ1n) is 8.41. The van der Waals surface area contributed by atoms with E-state index in [4.69, 9.17) is 4.43 Å². The Morgan fingerprint density at radius 2 is 1.40 bits per heavy atom. The van der Waals surface area contributed by atoms with Gasteiger partial charge in [-0.2, -0.15) is 0 Å². The van der Waals surface area contributed by atoms with E-state index in [2.05, 4.69) is 91.1 Å². The van der Waals surface area contributed by atoms with Crippen LogP contribution < -0.4 is 0 Å². The van der Waals surface area contributed by atoms with Gasteiger partial charge in [-0.15, -0.1) is 0 Å². The molecule has 0 heterocycles. The number of rotatable bonds is 5. The molecule has 3 aromatic carbocycles. The zero-order valence-corrected chi connectivity index (χ0v) is 15.6. The van der Waals surface area contributed by atoms with Crippen LogP contribution in [-0.4, -0.2) is 10.5 Å². The smallest absolute Gasteiger partial charge is 0.247 e. The van der Waals surface area contributed by atoms with Gasteiger partial charge in [-0.1, -0.05) is 78.9 Å². The number of hydrogen-bond acceptors (Lipinski definition) is 1. The van der Waals surface area contributed by atoms with Crippen LogP contribution in [0.25, 0.3) is 11.6 Å². The lowest BCUT2D eigenvalue weighted by atomic mass is 9.90. The van der Waals surface area contributed by atoms with Crippen LogP contribution in [0.3, 0.4) is 0 Å². The van der Waals surface area contributed by atoms with E-state index in [1.165, 1.54) is 22.3 Å². The zero-order chi connectivity index (χ0) is 17.6. The molecule has 0 N–H and O–H groups in total. The van der Waals surface area contributed by atoms with Gasteiger partial charge in [0.15, 0.2) is 0 Å². The highest BCUT2D eigenvalue weighted by molar-refractivity contribution is 5.99. The van der Waals surface area contributed by atoms with Crippen LogP contribution in [0, 0.1) is 13.8 Å². The minimum Gasteiger partial charge on any atom is -0.408 e. The highest BCUT2D eigenvalue weighted by Crippen LogP contribution is 2.36. The van der Waals surface area contributed by atoms with E-state index < -0.39 is 0 Å². The van der Waals surface area contributed by atoms with E-state index in [1.807, 2.05) is 18.2 Å². The van der Waals surface area contributed by atoms with Gasteiger partial charge in [-0.3, -0.25) is 0 Å². The van der Waals surface area contributed by atoms with E-state index in [9.17, 15) is 0 Å². The third-order valence-corrected chi connectivity index (χ3v) is 4.69. The molecule has 123 valence electrons. The Kier molecular flexibility index (Phi) is 5.64. The lowest BCUT2D eigenvalue weighted by Crippen LogP contribution is -2.06. The van der Waals surface area contributed by atoms with Crippen LogP contribution in [0.2, 0.25) is 0 Å². The molecule has 0 aliphatic rings. The molecule has 0 aliphatic carbocycles. The normalized spacial score (nSPS) is 12.8. The molecule has 1 unspecified atom stereocenters. The maximum Gasteiger partial charge on any atom is 0.247 e. The largest absolute Gasteiger partial charge is 0.408 e. The van der Waals surface area contributed by atoms with E-state index in [0.717, 1.165) is 11.1 Å². The highest BCUT2D eigenvalue weighted by atomic mass is 28.2. The second kappa shape index (κ2) is 8.10. The number of benzene rings is 3. The Morgan fingerprint density at radius 3 is 2.04 bits per heavy atom. The third-order valence-electron chi connectivity index (χ3n) is 4.46. The van der Waals surface area contributed by atoms with E-state index in [-0.39, 0.29) is 6.10 Å². The molecule has 0 saturated carbocycles. The van der Waals surface area contributed by atoms with Gasteiger partial charge in [-0.05, 0) is 53.3 Å². The first-order valence-corrected chi connectivity index (χ1v) is 8.82. The topological polar surface area (TPSA) is 9.23 Å². The van der Waals surface area contributed by atoms with Crippen LogP contribution >= 0.6 is 0 Å². The van der Waals surface area contributed by atoms with Crippen molar-refractivity contribution < 1.29 is 4.43 Å². The molecular formula is C23H21OSi. The summed E-state index contributed by atoms with van der Waals surface area (Å²) < 4.78 is 5.76. The molecule has 1 atom stereocenters. The third kappa shape index (κ3) is 3.98. The average Bonchev–Trinajstić information content (AvgIpc) is 2.64. The van der Waals surface area contributed by atoms with Crippen LogP contribution in [0.1, 0.15) is 33.9 Å². The molecule has 0 spiro atoms. The van der Waals surface area contributed by atoms with Gasteiger partial charge in [0, 0.05) is 0 Å². The van der Waals surface area contributed by atoms with Gasteiger partial charge in [0.2, 0.25) is 10.5 Å². The Balaban J connectivity index is 2.19. The Morgan fingerprint density at radius 1 is 0.800 bits per heavy atom. The number of aryl methyl sites for hydroxylation is 2. The maximum atomic E-state index is 5.76. The fourth-order valence-corrected chi connectivity index (χ4v) is 3.31. The number of hydrogen-bond donors (Lipinski definition) is 0. The molecule has 0 fully saturated rings. The van der Waals surface area contributed by atoms with E-state index in [1.54, 1.807) is 0 Å². The minimum atomic E-state index is -0.196. The highest BCUT2D eigenvalue weighted by Gasteiger charge is 2.19. The van der Waals surface area contributed by atoms with Gasteiger partial charge in [0.1, 0.15) is 0 Å². The van der Waals surface area contributed by atoms with Crippen LogP contribution in [0.4, 0.5) is 0 Å². The quantitative estimate of drug-likeness (QED) is 0.428. The first-order chi connectivity index (χ1) is 12.2. The summed E-state index contributed by atoms with van der Waals surface area (Å²) in [5.41, 5.74) is 7.11. The molecule has 3 radical (unpaired) electrons. The second-order valence-corrected chi connectivity index (χ2v) is 6.42. The van der Waals surface area contributed by atoms with Crippen LogP contribution in [0.5, 0.6) is 0 Å². The standard InChI is InChI=1S/C23H21OSi/c1-17-10-6-8-14-20(17)16-22(21-15-9-7-11-18(21)2)23(24-25)19-12-4-3-5-13-19/h3-16,23H,1-2H3. The van der Waals surface area contributed by atoms with Crippen molar-refractivity contribution in [3.8, 4) is 0 Å². The molecule has 3 rings (SSSR count). The summed E-state index contributed by atoms with van der Waals surface area (Å²) in [4.78, 5) is 0. The average molecular weight is 342 g/mol. The maximum absolute atomic E-state index is 5.76. The van der Waals surface area contributed by atoms with Crippen molar-refractivity contribution >= 4 is 22.1 Å². The summed E-state index contributed by atoms with van der Waals surface area (Å²) in [5, 5.41) is 0. The molecule has 3 aromatic rings. The molecule has 0 amide bonds. The Bertz CT molecular complexity index is 868. The molecule has 1 nitrogen and oxygen atoms in total. The molecular weight excluding hydrogens is 320 g/mol. The summed E-state index contributed by atoms with van der Waals surface area (Å²) in [5.74, 6) is 0. The molecule has 0 saturated heterocycles. The van der Waals surface area contributed by atoms with Gasteiger partial charge in [-0.25, -0.2) is 0 Å². The second-order valence-electron chi connectivity index (χ2n) is 6.18. The summed E-state index contributed by atoms with van der Waals surface area (Å²) in [7, 11) is 3.32. The van der Waals surface area contributed by atoms with Gasteiger partial charge >= 0.3 is 0 Å². The van der Waals surface area contributed by atoms with Gasteiger partial charge in [0.25, 0.3) is 0 Å². The van der Waals surface area contributed by atoms with Crippen molar-refractivity contribution in [2.75, 3.05) is 0 Å². The van der Waals surface area contributed by atoms with Crippen molar-refractivity contribution in [3.63, 3.8) is 0 Å². The Labute approximate surface area is 153 Å². The van der Waals surface area contributed by atoms with E-state index in [0.29, 0.717) is 0 Å². The molecule has 2 heteroatoms.